The SMILES string of the molecule is CCN(CC)C(C)(CC)C(NC)c1cccnc1. The van der Waals surface area contributed by atoms with Gasteiger partial charge in [0.05, 0.1) is 6.04 Å². The van der Waals surface area contributed by atoms with E-state index in [9.17, 15) is 0 Å². The topological polar surface area (TPSA) is 28.2 Å². The second-order valence-electron chi connectivity index (χ2n) is 4.89. The molecule has 0 bridgehead atoms. The van der Waals surface area contributed by atoms with Crippen molar-refractivity contribution in [2.75, 3.05) is 20.1 Å². The highest BCUT2D eigenvalue weighted by molar-refractivity contribution is 5.19. The summed E-state index contributed by atoms with van der Waals surface area (Å²) < 4.78 is 0. The van der Waals surface area contributed by atoms with E-state index >= 15 is 0 Å². The minimum absolute atomic E-state index is 0.112. The zero-order valence-corrected chi connectivity index (χ0v) is 12.4. The highest BCUT2D eigenvalue weighted by Crippen LogP contribution is 2.33. The van der Waals surface area contributed by atoms with Gasteiger partial charge in [-0.1, -0.05) is 26.8 Å². The van der Waals surface area contributed by atoms with E-state index in [4.69, 9.17) is 0 Å². The third-order valence-corrected chi connectivity index (χ3v) is 4.13. The van der Waals surface area contributed by atoms with E-state index in [2.05, 4.69) is 49.0 Å². The molecule has 3 heteroatoms. The molecular weight excluding hydrogens is 222 g/mol. The third kappa shape index (κ3) is 2.90. The Morgan fingerprint density at radius 1 is 1.33 bits per heavy atom. The first-order chi connectivity index (χ1) is 8.63. The summed E-state index contributed by atoms with van der Waals surface area (Å²) in [5.41, 5.74) is 1.37. The zero-order chi connectivity index (χ0) is 13.6. The van der Waals surface area contributed by atoms with Crippen LogP contribution in [0.25, 0.3) is 0 Å². The summed E-state index contributed by atoms with van der Waals surface area (Å²) in [6.45, 7) is 11.2. The van der Waals surface area contributed by atoms with Crippen molar-refractivity contribution in [2.24, 2.45) is 0 Å². The molecule has 0 saturated carbocycles. The Morgan fingerprint density at radius 2 is 2.00 bits per heavy atom. The fraction of sp³-hybridized carbons (Fsp3) is 0.667. The molecule has 1 rings (SSSR count). The lowest BCUT2D eigenvalue weighted by molar-refractivity contribution is 0.0727. The monoisotopic (exact) mass is 249 g/mol. The van der Waals surface area contributed by atoms with Crippen molar-refractivity contribution in [1.29, 1.82) is 0 Å². The van der Waals surface area contributed by atoms with Gasteiger partial charge in [-0.3, -0.25) is 9.88 Å². The normalized spacial score (nSPS) is 16.6. The summed E-state index contributed by atoms with van der Waals surface area (Å²) in [4.78, 5) is 6.78. The highest BCUT2D eigenvalue weighted by Gasteiger charge is 2.37. The van der Waals surface area contributed by atoms with Crippen LogP contribution in [0.4, 0.5) is 0 Å². The first-order valence-corrected chi connectivity index (χ1v) is 6.96. The Kier molecular flexibility index (Phi) is 5.76. The smallest absolute Gasteiger partial charge is 0.0517 e. The molecule has 102 valence electrons. The molecule has 18 heavy (non-hydrogen) atoms. The number of aromatic nitrogens is 1. The van der Waals surface area contributed by atoms with E-state index in [1.54, 1.807) is 0 Å². The van der Waals surface area contributed by atoms with E-state index in [0.29, 0.717) is 6.04 Å². The first kappa shape index (κ1) is 15.1. The Balaban J connectivity index is 3.11. The van der Waals surface area contributed by atoms with Crippen molar-refractivity contribution in [3.63, 3.8) is 0 Å². The molecule has 1 N–H and O–H groups in total. The lowest BCUT2D eigenvalue weighted by Gasteiger charge is -2.45. The Bertz CT molecular complexity index is 335. The summed E-state index contributed by atoms with van der Waals surface area (Å²) >= 11 is 0. The van der Waals surface area contributed by atoms with Crippen LogP contribution in [0.15, 0.2) is 24.5 Å². The van der Waals surface area contributed by atoms with E-state index in [-0.39, 0.29) is 5.54 Å². The van der Waals surface area contributed by atoms with Gasteiger partial charge in [0.2, 0.25) is 0 Å². The van der Waals surface area contributed by atoms with Crippen LogP contribution in [-0.2, 0) is 0 Å². The van der Waals surface area contributed by atoms with Crippen molar-refractivity contribution >= 4 is 0 Å². The molecule has 0 aromatic carbocycles. The quantitative estimate of drug-likeness (QED) is 0.805. The van der Waals surface area contributed by atoms with Crippen molar-refractivity contribution in [3.8, 4) is 0 Å². The molecule has 2 unspecified atom stereocenters. The highest BCUT2D eigenvalue weighted by atomic mass is 15.2. The molecule has 3 nitrogen and oxygen atoms in total. The Morgan fingerprint density at radius 3 is 2.39 bits per heavy atom. The van der Waals surface area contributed by atoms with Crippen LogP contribution in [0, 0.1) is 0 Å². The van der Waals surface area contributed by atoms with Gasteiger partial charge in [-0.15, -0.1) is 0 Å². The predicted octanol–water partition coefficient (Wildman–Crippen LogP) is 2.85. The summed E-state index contributed by atoms with van der Waals surface area (Å²) in [7, 11) is 2.04. The van der Waals surface area contributed by atoms with Crippen LogP contribution in [0.5, 0.6) is 0 Å². The molecule has 1 heterocycles. The number of nitrogens with one attached hydrogen (secondary N) is 1. The lowest BCUT2D eigenvalue weighted by atomic mass is 9.83. The van der Waals surface area contributed by atoms with Crippen molar-refractivity contribution in [3.05, 3.63) is 30.1 Å². The van der Waals surface area contributed by atoms with Gasteiger partial charge in [0.25, 0.3) is 0 Å². The van der Waals surface area contributed by atoms with Crippen LogP contribution in [-0.4, -0.2) is 35.6 Å². The van der Waals surface area contributed by atoms with Crippen LogP contribution < -0.4 is 5.32 Å². The lowest BCUT2D eigenvalue weighted by Crippen LogP contribution is -2.53. The molecule has 0 fully saturated rings. The number of nitrogens with zero attached hydrogens (tertiary/aromatic N) is 2. The van der Waals surface area contributed by atoms with E-state index in [1.807, 2.05) is 25.5 Å². The minimum Gasteiger partial charge on any atom is -0.311 e. The van der Waals surface area contributed by atoms with E-state index in [0.717, 1.165) is 19.5 Å². The molecule has 1 aromatic heterocycles. The van der Waals surface area contributed by atoms with Gasteiger partial charge in [0, 0.05) is 17.9 Å². The van der Waals surface area contributed by atoms with Gasteiger partial charge in [-0.2, -0.15) is 0 Å². The van der Waals surface area contributed by atoms with Gasteiger partial charge in [-0.25, -0.2) is 0 Å². The van der Waals surface area contributed by atoms with Crippen LogP contribution in [0.1, 0.15) is 45.7 Å². The summed E-state index contributed by atoms with van der Waals surface area (Å²) in [6.07, 6.45) is 4.91. The number of rotatable bonds is 7. The number of hydrogen-bond donors (Lipinski definition) is 1. The Labute approximate surface area is 112 Å². The van der Waals surface area contributed by atoms with E-state index < -0.39 is 0 Å². The zero-order valence-electron chi connectivity index (χ0n) is 12.4. The molecular formula is C15H27N3. The maximum atomic E-state index is 4.25. The van der Waals surface area contributed by atoms with Gasteiger partial charge in [0.15, 0.2) is 0 Å². The number of likely N-dealkylation sites (N-methyl/N-ethyl adjacent to an activating group) is 2. The average molecular weight is 249 g/mol. The van der Waals surface area contributed by atoms with Crippen molar-refractivity contribution < 1.29 is 0 Å². The maximum Gasteiger partial charge on any atom is 0.0517 e. The average Bonchev–Trinajstić information content (AvgIpc) is 2.42. The molecule has 0 saturated heterocycles. The summed E-state index contributed by atoms with van der Waals surface area (Å²) in [6, 6.07) is 4.47. The fourth-order valence-electron chi connectivity index (χ4n) is 2.94. The second kappa shape index (κ2) is 6.86. The third-order valence-electron chi connectivity index (χ3n) is 4.13. The van der Waals surface area contributed by atoms with E-state index in [1.165, 1.54) is 5.56 Å². The largest absolute Gasteiger partial charge is 0.311 e. The summed E-state index contributed by atoms with van der Waals surface area (Å²) in [5, 5.41) is 3.48. The fourth-order valence-corrected chi connectivity index (χ4v) is 2.94. The second-order valence-corrected chi connectivity index (χ2v) is 4.89. The predicted molar refractivity (Wildman–Crippen MR) is 77.7 cm³/mol. The Hall–Kier alpha value is -0.930. The molecule has 0 aliphatic carbocycles. The van der Waals surface area contributed by atoms with Crippen molar-refractivity contribution in [1.82, 2.24) is 15.2 Å². The summed E-state index contributed by atoms with van der Waals surface area (Å²) in [5.74, 6) is 0. The molecule has 0 amide bonds. The molecule has 1 aromatic rings. The molecule has 0 spiro atoms. The molecule has 0 aliphatic heterocycles. The maximum absolute atomic E-state index is 4.25. The van der Waals surface area contributed by atoms with Gasteiger partial charge < -0.3 is 5.32 Å². The number of pyridine rings is 1. The van der Waals surface area contributed by atoms with Gasteiger partial charge in [-0.05, 0) is 45.1 Å². The first-order valence-electron chi connectivity index (χ1n) is 6.96. The number of hydrogen-bond acceptors (Lipinski definition) is 3. The molecule has 2 atom stereocenters. The minimum atomic E-state index is 0.112. The van der Waals surface area contributed by atoms with Gasteiger partial charge >= 0.3 is 0 Å². The molecule has 0 aliphatic rings. The van der Waals surface area contributed by atoms with Crippen LogP contribution >= 0.6 is 0 Å². The standard InChI is InChI=1S/C15H27N3/c1-6-15(4,18(7-2)8-3)14(16-5)13-10-9-11-17-12-13/h9-12,14,16H,6-8H2,1-5H3. The van der Waals surface area contributed by atoms with Crippen LogP contribution in [0.2, 0.25) is 0 Å². The van der Waals surface area contributed by atoms with Crippen molar-refractivity contribution in [2.45, 2.75) is 45.7 Å². The molecule has 0 radical (unpaired) electrons. The van der Waals surface area contributed by atoms with Gasteiger partial charge in [0.1, 0.15) is 0 Å². The van der Waals surface area contributed by atoms with Crippen LogP contribution in [0.3, 0.4) is 0 Å².